The fourth-order valence-corrected chi connectivity index (χ4v) is 0.995. The zero-order valence-electron chi connectivity index (χ0n) is 7.00. The van der Waals surface area contributed by atoms with E-state index >= 15 is 0 Å². The summed E-state index contributed by atoms with van der Waals surface area (Å²) in [5, 5.41) is 0. The predicted molar refractivity (Wildman–Crippen MR) is 48.7 cm³/mol. The van der Waals surface area contributed by atoms with Gasteiger partial charge in [0.2, 0.25) is 0 Å². The van der Waals surface area contributed by atoms with Crippen molar-refractivity contribution in [2.24, 2.45) is 5.73 Å². The maximum absolute atomic E-state index is 5.13. The second kappa shape index (κ2) is 4.30. The molecule has 0 spiro atoms. The molecule has 0 aromatic heterocycles. The van der Waals surface area contributed by atoms with E-state index in [0.29, 0.717) is 6.42 Å². The lowest BCUT2D eigenvalue weighted by atomic mass is 10.1. The van der Waals surface area contributed by atoms with Crippen LogP contribution >= 0.6 is 0 Å². The molecule has 2 N–H and O–H groups in total. The first-order valence-electron chi connectivity index (χ1n) is 3.69. The minimum Gasteiger partial charge on any atom is -0.496 e. The second-order valence-electron chi connectivity index (χ2n) is 2.31. The Morgan fingerprint density at radius 1 is 1.42 bits per heavy atom. The topological polar surface area (TPSA) is 35.2 Å². The molecule has 2 nitrogen and oxygen atoms in total. The van der Waals surface area contributed by atoms with Crippen LogP contribution in [0.15, 0.2) is 24.3 Å². The zero-order valence-corrected chi connectivity index (χ0v) is 7.00. The highest BCUT2D eigenvalue weighted by atomic mass is 16.5. The lowest BCUT2D eigenvalue weighted by Crippen LogP contribution is -1.90. The Morgan fingerprint density at radius 2 is 2.17 bits per heavy atom. The van der Waals surface area contributed by atoms with Gasteiger partial charge in [-0.2, -0.15) is 0 Å². The lowest BCUT2D eigenvalue weighted by Gasteiger charge is -2.03. The number of hydrogen-bond donors (Lipinski definition) is 1. The predicted octanol–water partition coefficient (Wildman–Crippen LogP) is 1.16. The van der Waals surface area contributed by atoms with Crippen LogP contribution in [0.4, 0.5) is 0 Å². The Labute approximate surface area is 72.3 Å². The molecule has 0 radical (unpaired) electrons. The highest BCUT2D eigenvalue weighted by Crippen LogP contribution is 2.16. The molecule has 0 saturated heterocycles. The van der Waals surface area contributed by atoms with Crippen molar-refractivity contribution in [1.29, 1.82) is 0 Å². The summed E-state index contributed by atoms with van der Waals surface area (Å²) in [6.07, 6.45) is 0.639. The summed E-state index contributed by atoms with van der Waals surface area (Å²) in [5.41, 5.74) is 6.13. The van der Waals surface area contributed by atoms with E-state index in [1.54, 1.807) is 7.11 Å². The Morgan fingerprint density at radius 3 is 2.83 bits per heavy atom. The van der Waals surface area contributed by atoms with Gasteiger partial charge in [-0.15, -0.1) is 0 Å². The smallest absolute Gasteiger partial charge is 0.123 e. The largest absolute Gasteiger partial charge is 0.496 e. The van der Waals surface area contributed by atoms with Gasteiger partial charge in [0, 0.05) is 18.0 Å². The Hall–Kier alpha value is -1.62. The molecule has 0 unspecified atom stereocenters. The van der Waals surface area contributed by atoms with Crippen molar-refractivity contribution < 1.29 is 4.74 Å². The summed E-state index contributed by atoms with van der Waals surface area (Å²) in [6.45, 7) is 0. The summed E-state index contributed by atoms with van der Waals surface area (Å²) < 4.78 is 5.13. The average Bonchev–Trinajstić information content (AvgIpc) is 2.15. The van der Waals surface area contributed by atoms with Gasteiger partial charge in [0.05, 0.1) is 7.11 Å². The molecule has 1 rings (SSSR count). The third-order valence-electron chi connectivity index (χ3n) is 1.57. The van der Waals surface area contributed by atoms with Gasteiger partial charge in [0.15, 0.2) is 0 Å². The van der Waals surface area contributed by atoms with Crippen LogP contribution in [0.25, 0.3) is 0 Å². The first-order chi connectivity index (χ1) is 5.88. The quantitative estimate of drug-likeness (QED) is 0.521. The zero-order chi connectivity index (χ0) is 8.81. The number of benzene rings is 1. The maximum atomic E-state index is 5.13. The Bertz CT molecular complexity index is 309. The molecule has 0 saturated carbocycles. The van der Waals surface area contributed by atoms with E-state index in [1.807, 2.05) is 24.3 Å². The second-order valence-corrected chi connectivity index (χ2v) is 2.31. The van der Waals surface area contributed by atoms with Crippen molar-refractivity contribution in [2.75, 3.05) is 7.11 Å². The van der Waals surface area contributed by atoms with Crippen molar-refractivity contribution in [3.63, 3.8) is 0 Å². The number of ether oxygens (including phenoxy) is 1. The summed E-state index contributed by atoms with van der Waals surface area (Å²) >= 11 is 0. The van der Waals surface area contributed by atoms with Gasteiger partial charge in [-0.05, 0) is 6.07 Å². The Balaban J connectivity index is 2.86. The number of hydrogen-bond acceptors (Lipinski definition) is 2. The number of para-hydroxylation sites is 1. The molecule has 0 aliphatic heterocycles. The fraction of sp³-hybridized carbons (Fsp3) is 0.200. The molecular weight excluding hydrogens is 150 g/mol. The molecule has 0 bridgehead atoms. The number of nitrogens with two attached hydrogens (primary N) is 1. The van der Waals surface area contributed by atoms with Crippen LogP contribution in [-0.2, 0) is 6.42 Å². The van der Waals surface area contributed by atoms with Gasteiger partial charge < -0.3 is 10.5 Å². The lowest BCUT2D eigenvalue weighted by molar-refractivity contribution is 0.411. The van der Waals surface area contributed by atoms with E-state index in [-0.39, 0.29) is 0 Å². The van der Waals surface area contributed by atoms with Gasteiger partial charge in [-0.1, -0.05) is 24.1 Å². The van der Waals surface area contributed by atoms with Crippen LogP contribution in [0.1, 0.15) is 5.56 Å². The summed E-state index contributed by atoms with van der Waals surface area (Å²) in [5.74, 6) is 3.65. The standard InChI is InChI=1S/C10H11NO/c1-12-10-7-3-2-5-9(10)6-4-8-11/h2-3,5,7H,6,11H2,1H3. The van der Waals surface area contributed by atoms with Gasteiger partial charge >= 0.3 is 0 Å². The molecule has 1 aromatic carbocycles. The number of rotatable bonds is 2. The molecule has 0 heterocycles. The van der Waals surface area contributed by atoms with Gasteiger partial charge in [0.25, 0.3) is 0 Å². The monoisotopic (exact) mass is 161 g/mol. The fourth-order valence-electron chi connectivity index (χ4n) is 0.995. The molecule has 0 atom stereocenters. The normalized spacial score (nSPS) is 8.42. The summed E-state index contributed by atoms with van der Waals surface area (Å²) in [7, 11) is 1.65. The van der Waals surface area contributed by atoms with Crippen LogP contribution in [0, 0.1) is 12.0 Å². The van der Waals surface area contributed by atoms with Crippen LogP contribution in [0.3, 0.4) is 0 Å². The third-order valence-corrected chi connectivity index (χ3v) is 1.57. The van der Waals surface area contributed by atoms with E-state index in [2.05, 4.69) is 12.0 Å². The van der Waals surface area contributed by atoms with Crippen LogP contribution in [0.2, 0.25) is 0 Å². The van der Waals surface area contributed by atoms with E-state index in [1.165, 1.54) is 0 Å². The minimum absolute atomic E-state index is 0.639. The summed E-state index contributed by atoms with van der Waals surface area (Å²) in [4.78, 5) is 0. The molecule has 1 aromatic rings. The molecular formula is C10H11NO. The first kappa shape index (κ1) is 8.48. The van der Waals surface area contributed by atoms with Gasteiger partial charge in [-0.3, -0.25) is 0 Å². The molecule has 12 heavy (non-hydrogen) atoms. The first-order valence-corrected chi connectivity index (χ1v) is 3.69. The van der Waals surface area contributed by atoms with E-state index in [4.69, 9.17) is 10.5 Å². The molecule has 0 fully saturated rings. The van der Waals surface area contributed by atoms with Crippen molar-refractivity contribution in [3.05, 3.63) is 29.8 Å². The molecule has 2 heteroatoms. The van der Waals surface area contributed by atoms with E-state index in [0.717, 1.165) is 11.3 Å². The maximum Gasteiger partial charge on any atom is 0.123 e. The Kier molecular flexibility index (Phi) is 3.04. The van der Waals surface area contributed by atoms with E-state index < -0.39 is 0 Å². The molecule has 0 amide bonds. The molecule has 0 aliphatic carbocycles. The van der Waals surface area contributed by atoms with Crippen LogP contribution in [0.5, 0.6) is 5.75 Å². The van der Waals surface area contributed by atoms with Crippen LogP contribution in [-0.4, -0.2) is 7.11 Å². The van der Waals surface area contributed by atoms with Crippen molar-refractivity contribution >= 4 is 0 Å². The van der Waals surface area contributed by atoms with Crippen molar-refractivity contribution in [3.8, 4) is 17.7 Å². The van der Waals surface area contributed by atoms with Crippen molar-refractivity contribution in [2.45, 2.75) is 6.42 Å². The SMILES string of the molecule is COc1ccccc1CC#CN. The van der Waals surface area contributed by atoms with Gasteiger partial charge in [0.1, 0.15) is 5.75 Å². The van der Waals surface area contributed by atoms with Gasteiger partial charge in [-0.25, -0.2) is 0 Å². The number of methoxy groups -OCH3 is 1. The minimum atomic E-state index is 0.639. The molecule has 0 aliphatic rings. The van der Waals surface area contributed by atoms with E-state index in [9.17, 15) is 0 Å². The highest BCUT2D eigenvalue weighted by molar-refractivity contribution is 5.35. The summed E-state index contributed by atoms with van der Waals surface area (Å²) in [6, 6.07) is 10.1. The highest BCUT2D eigenvalue weighted by Gasteiger charge is 1.97. The average molecular weight is 161 g/mol. The molecule has 62 valence electrons. The van der Waals surface area contributed by atoms with Crippen molar-refractivity contribution in [1.82, 2.24) is 0 Å². The van der Waals surface area contributed by atoms with Crippen LogP contribution < -0.4 is 10.5 Å². The third kappa shape index (κ3) is 1.93.